The van der Waals surface area contributed by atoms with Gasteiger partial charge in [0.25, 0.3) is 0 Å². The van der Waals surface area contributed by atoms with E-state index < -0.39 is 0 Å². The highest BCUT2D eigenvalue weighted by Gasteiger charge is 2.22. The van der Waals surface area contributed by atoms with Gasteiger partial charge >= 0.3 is 0 Å². The Morgan fingerprint density at radius 3 is 3.00 bits per heavy atom. The molecule has 0 saturated carbocycles. The van der Waals surface area contributed by atoms with Crippen LogP contribution in [0.2, 0.25) is 0 Å². The molecule has 2 rings (SSSR count). The Kier molecular flexibility index (Phi) is 2.66. The van der Waals surface area contributed by atoms with Crippen molar-refractivity contribution >= 4 is 11.6 Å². The Balaban J connectivity index is 2.41. The Morgan fingerprint density at radius 1 is 1.50 bits per heavy atom. The van der Waals surface area contributed by atoms with Crippen LogP contribution in [0.5, 0.6) is 5.75 Å². The van der Waals surface area contributed by atoms with Crippen LogP contribution in [0, 0.1) is 0 Å². The molecule has 0 aromatic heterocycles. The van der Waals surface area contributed by atoms with E-state index in [0.717, 1.165) is 18.7 Å². The fraction of sp³-hybridized carbons (Fsp3) is 0.455. The van der Waals surface area contributed by atoms with Crippen molar-refractivity contribution in [3.63, 3.8) is 0 Å². The van der Waals surface area contributed by atoms with Gasteiger partial charge in [-0.3, -0.25) is 4.90 Å². The summed E-state index contributed by atoms with van der Waals surface area (Å²) in [5, 5.41) is 0. The number of ether oxygens (including phenoxy) is 1. The third kappa shape index (κ3) is 1.60. The number of nitrogens with zero attached hydrogens (tertiary/aromatic N) is 1. The summed E-state index contributed by atoms with van der Waals surface area (Å²) in [5.74, 6) is 0.879. The second-order valence-corrected chi connectivity index (χ2v) is 4.04. The molecule has 0 spiro atoms. The fourth-order valence-electron chi connectivity index (χ4n) is 1.80. The van der Waals surface area contributed by atoms with E-state index in [1.54, 1.807) is 7.11 Å². The van der Waals surface area contributed by atoms with Gasteiger partial charge in [0.1, 0.15) is 11.3 Å². The highest BCUT2D eigenvalue weighted by molar-refractivity contribution is 6.20. The van der Waals surface area contributed by atoms with Crippen molar-refractivity contribution in [3.8, 4) is 5.75 Å². The first kappa shape index (κ1) is 9.81. The normalized spacial score (nSPS) is 21.8. The van der Waals surface area contributed by atoms with Gasteiger partial charge in [-0.2, -0.15) is 0 Å². The SMILES string of the molecule is COc1ccc2c(c1)C(Cl)N(C)CC2. The lowest BCUT2D eigenvalue weighted by Gasteiger charge is -2.30. The third-order valence-electron chi connectivity index (χ3n) is 2.73. The van der Waals surface area contributed by atoms with Crippen molar-refractivity contribution < 1.29 is 4.74 Å². The molecule has 0 bridgehead atoms. The second kappa shape index (κ2) is 3.79. The van der Waals surface area contributed by atoms with E-state index in [0.29, 0.717) is 0 Å². The van der Waals surface area contributed by atoms with Crippen molar-refractivity contribution in [1.82, 2.24) is 4.90 Å². The molecule has 0 fully saturated rings. The molecule has 1 heterocycles. The van der Waals surface area contributed by atoms with Crippen molar-refractivity contribution in [3.05, 3.63) is 29.3 Å². The average molecular weight is 212 g/mol. The average Bonchev–Trinajstić information content (AvgIpc) is 2.23. The van der Waals surface area contributed by atoms with Gasteiger partial charge in [0.05, 0.1) is 7.11 Å². The largest absolute Gasteiger partial charge is 0.497 e. The van der Waals surface area contributed by atoms with E-state index in [-0.39, 0.29) is 5.50 Å². The number of halogens is 1. The van der Waals surface area contributed by atoms with Gasteiger partial charge in [-0.25, -0.2) is 0 Å². The topological polar surface area (TPSA) is 12.5 Å². The predicted molar refractivity (Wildman–Crippen MR) is 57.9 cm³/mol. The highest BCUT2D eigenvalue weighted by Crippen LogP contribution is 2.33. The van der Waals surface area contributed by atoms with Crippen LogP contribution in [0.25, 0.3) is 0 Å². The molecule has 1 unspecified atom stereocenters. The van der Waals surface area contributed by atoms with Gasteiger partial charge in [0.2, 0.25) is 0 Å². The summed E-state index contributed by atoms with van der Waals surface area (Å²) in [7, 11) is 3.72. The van der Waals surface area contributed by atoms with Crippen LogP contribution < -0.4 is 4.74 Å². The van der Waals surface area contributed by atoms with Crippen LogP contribution in [0.3, 0.4) is 0 Å². The van der Waals surface area contributed by atoms with E-state index >= 15 is 0 Å². The first-order valence-electron chi connectivity index (χ1n) is 4.73. The molecule has 1 aliphatic heterocycles. The minimum atomic E-state index is -0.0196. The van der Waals surface area contributed by atoms with E-state index in [4.69, 9.17) is 16.3 Å². The van der Waals surface area contributed by atoms with Crippen LogP contribution >= 0.6 is 11.6 Å². The number of rotatable bonds is 1. The van der Waals surface area contributed by atoms with Crippen LogP contribution in [0.1, 0.15) is 16.6 Å². The van der Waals surface area contributed by atoms with Gasteiger partial charge in [-0.05, 0) is 36.7 Å². The zero-order valence-corrected chi connectivity index (χ0v) is 9.21. The highest BCUT2D eigenvalue weighted by atomic mass is 35.5. The number of benzene rings is 1. The van der Waals surface area contributed by atoms with Crippen molar-refractivity contribution in [2.45, 2.75) is 11.9 Å². The zero-order chi connectivity index (χ0) is 10.1. The molecule has 0 saturated heterocycles. The van der Waals surface area contributed by atoms with E-state index in [2.05, 4.69) is 11.0 Å². The standard InChI is InChI=1S/C11H14ClNO/c1-13-6-5-8-3-4-9(14-2)7-10(8)11(13)12/h3-4,7,11H,5-6H2,1-2H3. The number of methoxy groups -OCH3 is 1. The summed E-state index contributed by atoms with van der Waals surface area (Å²) in [4.78, 5) is 2.14. The second-order valence-electron chi connectivity index (χ2n) is 3.63. The molecule has 1 aromatic carbocycles. The fourth-order valence-corrected chi connectivity index (χ4v) is 2.10. The van der Waals surface area contributed by atoms with Crippen LogP contribution in [-0.4, -0.2) is 25.6 Å². The van der Waals surface area contributed by atoms with Gasteiger partial charge < -0.3 is 4.74 Å². The Labute approximate surface area is 89.4 Å². The maximum absolute atomic E-state index is 6.30. The molecule has 0 amide bonds. The summed E-state index contributed by atoms with van der Waals surface area (Å²) in [5.41, 5.74) is 2.50. The van der Waals surface area contributed by atoms with Crippen molar-refractivity contribution in [2.24, 2.45) is 0 Å². The van der Waals surface area contributed by atoms with Gasteiger partial charge in [-0.1, -0.05) is 6.07 Å². The van der Waals surface area contributed by atoms with E-state index in [1.165, 1.54) is 11.1 Å². The summed E-state index contributed by atoms with van der Waals surface area (Å²) in [6.07, 6.45) is 1.07. The number of hydrogen-bond acceptors (Lipinski definition) is 2. The monoisotopic (exact) mass is 211 g/mol. The predicted octanol–water partition coefficient (Wildman–Crippen LogP) is 2.42. The molecular formula is C11H14ClNO. The lowest BCUT2D eigenvalue weighted by atomic mass is 10.00. The molecule has 1 atom stereocenters. The van der Waals surface area contributed by atoms with Crippen LogP contribution in [-0.2, 0) is 6.42 Å². The summed E-state index contributed by atoms with van der Waals surface area (Å²) < 4.78 is 5.19. The molecular weight excluding hydrogens is 198 g/mol. The zero-order valence-electron chi connectivity index (χ0n) is 8.46. The summed E-state index contributed by atoms with van der Waals surface area (Å²) in [6.45, 7) is 1.02. The first-order chi connectivity index (χ1) is 6.72. The number of fused-ring (bicyclic) bond motifs is 1. The van der Waals surface area contributed by atoms with Gasteiger partial charge in [-0.15, -0.1) is 11.6 Å². The molecule has 2 nitrogen and oxygen atoms in total. The van der Waals surface area contributed by atoms with Crippen LogP contribution in [0.4, 0.5) is 0 Å². The quantitative estimate of drug-likeness (QED) is 0.523. The van der Waals surface area contributed by atoms with Gasteiger partial charge in [0.15, 0.2) is 0 Å². The number of hydrogen-bond donors (Lipinski definition) is 0. The maximum atomic E-state index is 6.30. The minimum absolute atomic E-state index is 0.0196. The molecule has 1 aliphatic rings. The molecule has 76 valence electrons. The summed E-state index contributed by atoms with van der Waals surface area (Å²) >= 11 is 6.30. The smallest absolute Gasteiger partial charge is 0.119 e. The maximum Gasteiger partial charge on any atom is 0.119 e. The lowest BCUT2D eigenvalue weighted by molar-refractivity contribution is 0.297. The molecule has 0 radical (unpaired) electrons. The molecule has 1 aromatic rings. The molecule has 0 N–H and O–H groups in total. The van der Waals surface area contributed by atoms with Crippen molar-refractivity contribution in [2.75, 3.05) is 20.7 Å². The third-order valence-corrected chi connectivity index (χ3v) is 3.30. The summed E-state index contributed by atoms with van der Waals surface area (Å²) in [6, 6.07) is 6.13. The molecule has 0 aliphatic carbocycles. The molecule has 14 heavy (non-hydrogen) atoms. The first-order valence-corrected chi connectivity index (χ1v) is 5.17. The van der Waals surface area contributed by atoms with Crippen LogP contribution in [0.15, 0.2) is 18.2 Å². The Morgan fingerprint density at radius 2 is 2.29 bits per heavy atom. The molecule has 3 heteroatoms. The number of likely N-dealkylation sites (N-methyl/N-ethyl adjacent to an activating group) is 1. The van der Waals surface area contributed by atoms with Gasteiger partial charge in [0, 0.05) is 6.54 Å². The Hall–Kier alpha value is -0.730. The number of alkyl halides is 1. The van der Waals surface area contributed by atoms with Crippen molar-refractivity contribution in [1.29, 1.82) is 0 Å². The van der Waals surface area contributed by atoms with E-state index in [1.807, 2.05) is 19.2 Å². The lowest BCUT2D eigenvalue weighted by Crippen LogP contribution is -2.28. The van der Waals surface area contributed by atoms with E-state index in [9.17, 15) is 0 Å². The minimum Gasteiger partial charge on any atom is -0.497 e. The Bertz CT molecular complexity index is 340.